The monoisotopic (exact) mass is 527 g/mol. The van der Waals surface area contributed by atoms with Crippen LogP contribution in [0.5, 0.6) is 0 Å². The van der Waals surface area contributed by atoms with E-state index in [9.17, 15) is 9.59 Å². The van der Waals surface area contributed by atoms with Crippen molar-refractivity contribution >= 4 is 28.4 Å². The van der Waals surface area contributed by atoms with Crippen LogP contribution in [0.1, 0.15) is 87.0 Å². The number of benzene rings is 2. The summed E-state index contributed by atoms with van der Waals surface area (Å²) in [5.41, 5.74) is 4.48. The summed E-state index contributed by atoms with van der Waals surface area (Å²) in [7, 11) is 0. The highest BCUT2D eigenvalue weighted by atomic mass is 16.5. The number of amides is 1. The minimum atomic E-state index is -0.431. The molecule has 5 rings (SSSR count). The zero-order chi connectivity index (χ0) is 27.6. The van der Waals surface area contributed by atoms with Crippen molar-refractivity contribution in [2.24, 2.45) is 0 Å². The average Bonchev–Trinajstić information content (AvgIpc) is 3.22. The molecule has 206 valence electrons. The van der Waals surface area contributed by atoms with Gasteiger partial charge in [-0.2, -0.15) is 0 Å². The minimum absolute atomic E-state index is 0.109. The molecule has 1 amide bonds. The van der Waals surface area contributed by atoms with Crippen LogP contribution in [0.15, 0.2) is 54.7 Å². The van der Waals surface area contributed by atoms with Gasteiger partial charge in [0.05, 0.1) is 17.4 Å². The number of aromatic nitrogens is 1. The Morgan fingerprint density at radius 2 is 1.69 bits per heavy atom. The van der Waals surface area contributed by atoms with Gasteiger partial charge >= 0.3 is 5.97 Å². The Balaban J connectivity index is 1.49. The molecule has 0 spiro atoms. The molecule has 1 saturated heterocycles. The van der Waals surface area contributed by atoms with Crippen LogP contribution < -0.4 is 0 Å². The molecule has 0 bridgehead atoms. The number of esters is 1. The second kappa shape index (κ2) is 11.4. The van der Waals surface area contributed by atoms with Gasteiger partial charge in [0.15, 0.2) is 0 Å². The summed E-state index contributed by atoms with van der Waals surface area (Å²) in [4.78, 5) is 35.1. The molecule has 0 atom stereocenters. The zero-order valence-corrected chi connectivity index (χ0v) is 23.8. The summed E-state index contributed by atoms with van der Waals surface area (Å²) < 4.78 is 5.65. The molecule has 3 heterocycles. The molecule has 6 heteroatoms. The molecule has 39 heavy (non-hydrogen) atoms. The van der Waals surface area contributed by atoms with Crippen LogP contribution in [0, 0.1) is 0 Å². The molecule has 6 nitrogen and oxygen atoms in total. The van der Waals surface area contributed by atoms with Crippen LogP contribution in [-0.2, 0) is 21.5 Å². The van der Waals surface area contributed by atoms with Crippen molar-refractivity contribution in [3.63, 3.8) is 0 Å². The average molecular weight is 528 g/mol. The van der Waals surface area contributed by atoms with Crippen LogP contribution in [0.4, 0.5) is 0 Å². The largest absolute Gasteiger partial charge is 0.459 e. The highest BCUT2D eigenvalue weighted by Crippen LogP contribution is 2.40. The Kier molecular flexibility index (Phi) is 7.94. The molecule has 1 fully saturated rings. The Morgan fingerprint density at radius 1 is 0.974 bits per heavy atom. The number of nitrogens with one attached hydrogen (secondary N) is 1. The molecule has 2 aromatic carbocycles. The molecule has 0 saturated carbocycles. The van der Waals surface area contributed by atoms with Crippen LogP contribution in [0.2, 0.25) is 0 Å². The summed E-state index contributed by atoms with van der Waals surface area (Å²) in [6, 6.07) is 16.1. The fraction of sp³-hybridized carbons (Fsp3) is 0.455. The molecular formula is C33H41N3O3. The lowest BCUT2D eigenvalue weighted by molar-refractivity contribution is -0.140. The smallest absolute Gasteiger partial charge is 0.342 e. The first-order valence-electron chi connectivity index (χ1n) is 14.4. The number of H-pyrrole nitrogens is 1. The zero-order valence-electron chi connectivity index (χ0n) is 23.8. The number of likely N-dealkylation sites (tertiary alicyclic amines) is 1. The highest BCUT2D eigenvalue weighted by molar-refractivity contribution is 6.18. The van der Waals surface area contributed by atoms with Crippen molar-refractivity contribution in [3.05, 3.63) is 77.1 Å². The summed E-state index contributed by atoms with van der Waals surface area (Å²) in [6.45, 7) is 11.4. The number of hydrogen-bond acceptors (Lipinski definition) is 4. The first-order valence-corrected chi connectivity index (χ1v) is 14.4. The van der Waals surface area contributed by atoms with E-state index < -0.39 is 11.4 Å². The molecule has 3 aromatic rings. The van der Waals surface area contributed by atoms with Crippen molar-refractivity contribution in [3.8, 4) is 0 Å². The number of carbonyl (C=O) groups excluding carboxylic acids is 2. The molecule has 0 aliphatic carbocycles. The third kappa shape index (κ3) is 5.96. The summed E-state index contributed by atoms with van der Waals surface area (Å²) in [6.07, 6.45) is 7.82. The number of rotatable bonds is 5. The van der Waals surface area contributed by atoms with Gasteiger partial charge in [0, 0.05) is 41.2 Å². The fourth-order valence-corrected chi connectivity index (χ4v) is 6.08. The Morgan fingerprint density at radius 3 is 2.44 bits per heavy atom. The van der Waals surface area contributed by atoms with Crippen molar-refractivity contribution in [1.82, 2.24) is 14.8 Å². The normalized spacial score (nSPS) is 18.2. The predicted molar refractivity (Wildman–Crippen MR) is 156 cm³/mol. The van der Waals surface area contributed by atoms with Crippen LogP contribution in [0.3, 0.4) is 0 Å². The third-order valence-electron chi connectivity index (χ3n) is 7.86. The van der Waals surface area contributed by atoms with Crippen LogP contribution in [0.25, 0.3) is 16.5 Å². The summed E-state index contributed by atoms with van der Waals surface area (Å²) in [5.74, 6) is -0.541. The van der Waals surface area contributed by atoms with Gasteiger partial charge in [-0.15, -0.1) is 0 Å². The van der Waals surface area contributed by atoms with E-state index in [0.29, 0.717) is 17.7 Å². The van der Waals surface area contributed by atoms with Gasteiger partial charge in [-0.3, -0.25) is 9.69 Å². The van der Waals surface area contributed by atoms with E-state index in [4.69, 9.17) is 4.74 Å². The van der Waals surface area contributed by atoms with Crippen molar-refractivity contribution in [2.75, 3.05) is 19.6 Å². The predicted octanol–water partition coefficient (Wildman–Crippen LogP) is 6.66. The van der Waals surface area contributed by atoms with E-state index in [1.165, 1.54) is 32.1 Å². The number of ether oxygens (including phenoxy) is 1. The van der Waals surface area contributed by atoms with Gasteiger partial charge in [0.25, 0.3) is 5.91 Å². The Hall–Kier alpha value is -3.38. The van der Waals surface area contributed by atoms with E-state index >= 15 is 0 Å². The second-order valence-electron chi connectivity index (χ2n) is 12.0. The maximum absolute atomic E-state index is 14.0. The quantitative estimate of drug-likeness (QED) is 0.377. The minimum Gasteiger partial charge on any atom is -0.459 e. The van der Waals surface area contributed by atoms with Crippen molar-refractivity contribution < 1.29 is 14.3 Å². The molecule has 1 aromatic heterocycles. The molecular weight excluding hydrogens is 486 g/mol. The molecule has 0 unspecified atom stereocenters. The molecule has 2 aliphatic heterocycles. The van der Waals surface area contributed by atoms with Gasteiger partial charge in [-0.05, 0) is 69.1 Å². The molecule has 2 aliphatic rings. The highest BCUT2D eigenvalue weighted by Gasteiger charge is 2.37. The Bertz CT molecular complexity index is 1380. The number of para-hydroxylation sites is 1. The fourth-order valence-electron chi connectivity index (χ4n) is 6.08. The first kappa shape index (κ1) is 27.2. The Labute approximate surface area is 232 Å². The standard InChI is InChI=1S/C33H41N3O3/c1-23(2)39-32(38)27-21-36(22-33(3,4)29-26-15-8-9-16-28(26)34-30(27)29)31(37)25-14-12-13-24(19-25)20-35-17-10-6-5-7-11-18-35/h8-9,12-16,19,21,23,34H,5-7,10-11,17-18,20,22H2,1-4H3. The second-order valence-corrected chi connectivity index (χ2v) is 12.0. The molecule has 0 radical (unpaired) electrons. The van der Waals surface area contributed by atoms with E-state index in [2.05, 4.69) is 35.9 Å². The topological polar surface area (TPSA) is 65.6 Å². The van der Waals surface area contributed by atoms with Crippen molar-refractivity contribution in [2.45, 2.75) is 77.9 Å². The number of hydrogen-bond donors (Lipinski definition) is 1. The number of aromatic amines is 1. The van der Waals surface area contributed by atoms with E-state index in [1.807, 2.05) is 50.2 Å². The lowest BCUT2D eigenvalue weighted by Gasteiger charge is -2.30. The first-order chi connectivity index (χ1) is 18.7. The van der Waals surface area contributed by atoms with Crippen molar-refractivity contribution in [1.29, 1.82) is 0 Å². The number of nitrogens with zero attached hydrogens (tertiary/aromatic N) is 2. The van der Waals surface area contributed by atoms with Gasteiger partial charge < -0.3 is 14.6 Å². The number of carbonyl (C=O) groups is 2. The van der Waals surface area contributed by atoms with Crippen LogP contribution >= 0.6 is 0 Å². The van der Waals surface area contributed by atoms with E-state index in [0.717, 1.165) is 47.4 Å². The lowest BCUT2D eigenvalue weighted by atomic mass is 9.81. The summed E-state index contributed by atoms with van der Waals surface area (Å²) in [5, 5.41) is 1.06. The third-order valence-corrected chi connectivity index (χ3v) is 7.86. The van der Waals surface area contributed by atoms with Gasteiger partial charge in [-0.1, -0.05) is 63.4 Å². The van der Waals surface area contributed by atoms with Gasteiger partial charge in [0.2, 0.25) is 0 Å². The van der Waals surface area contributed by atoms with Gasteiger partial charge in [-0.25, -0.2) is 4.79 Å². The lowest BCUT2D eigenvalue weighted by Crippen LogP contribution is -2.37. The SMILES string of the molecule is CC(C)OC(=O)C1=CN(C(=O)c2cccc(CN3CCCCCCC3)c2)CC(C)(C)c2c1[nH]c1ccccc21. The maximum Gasteiger partial charge on any atom is 0.342 e. The summed E-state index contributed by atoms with van der Waals surface area (Å²) >= 11 is 0. The number of fused-ring (bicyclic) bond motifs is 3. The maximum atomic E-state index is 14.0. The molecule has 1 N–H and O–H groups in total. The van der Waals surface area contributed by atoms with Gasteiger partial charge in [0.1, 0.15) is 0 Å². The van der Waals surface area contributed by atoms with E-state index in [1.54, 1.807) is 11.1 Å². The van der Waals surface area contributed by atoms with E-state index in [-0.39, 0.29) is 12.0 Å². The van der Waals surface area contributed by atoms with Crippen LogP contribution in [-0.4, -0.2) is 52.4 Å².